The number of aliphatic carboxylic acids is 1. The van der Waals surface area contributed by atoms with Crippen molar-refractivity contribution < 1.29 is 14.7 Å². The van der Waals surface area contributed by atoms with Crippen LogP contribution in [0.5, 0.6) is 0 Å². The summed E-state index contributed by atoms with van der Waals surface area (Å²) in [5.74, 6) is -0.907. The molecule has 1 saturated carbocycles. The minimum absolute atomic E-state index is 0.195. The number of urea groups is 1. The topological polar surface area (TPSA) is 72.9 Å². The number of carbonyl (C=O) groups excluding carboxylic acids is 1. The van der Waals surface area contributed by atoms with E-state index in [1.54, 1.807) is 4.90 Å². The second-order valence-corrected chi connectivity index (χ2v) is 5.92. The largest absolute Gasteiger partial charge is 0.480 e. The average molecular weight is 269 g/mol. The van der Waals surface area contributed by atoms with Crippen LogP contribution in [-0.2, 0) is 4.79 Å². The van der Waals surface area contributed by atoms with Gasteiger partial charge < -0.3 is 20.2 Å². The summed E-state index contributed by atoms with van der Waals surface area (Å²) in [6.45, 7) is 1.55. The molecule has 1 unspecified atom stereocenters. The Morgan fingerprint density at radius 1 is 1.37 bits per heavy atom. The number of hydrogen-bond acceptors (Lipinski definition) is 3. The van der Waals surface area contributed by atoms with Gasteiger partial charge in [0, 0.05) is 19.1 Å². The molecule has 0 bridgehead atoms. The van der Waals surface area contributed by atoms with Crippen molar-refractivity contribution in [3.8, 4) is 0 Å². The van der Waals surface area contributed by atoms with Crippen LogP contribution >= 0.6 is 0 Å². The zero-order valence-electron chi connectivity index (χ0n) is 11.7. The van der Waals surface area contributed by atoms with Gasteiger partial charge in [-0.3, -0.25) is 0 Å². The van der Waals surface area contributed by atoms with E-state index in [1.807, 2.05) is 14.1 Å². The third-order valence-corrected chi connectivity index (χ3v) is 4.18. The number of hydrogen-bond donors (Lipinski definition) is 2. The van der Waals surface area contributed by atoms with E-state index in [2.05, 4.69) is 10.2 Å². The van der Waals surface area contributed by atoms with Gasteiger partial charge in [-0.1, -0.05) is 0 Å². The number of nitrogens with zero attached hydrogens (tertiary/aromatic N) is 2. The van der Waals surface area contributed by atoms with Gasteiger partial charge in [-0.15, -0.1) is 0 Å². The lowest BCUT2D eigenvalue weighted by Crippen LogP contribution is -2.62. The molecule has 2 aliphatic rings. The van der Waals surface area contributed by atoms with Crippen molar-refractivity contribution in [2.45, 2.75) is 43.7 Å². The highest BCUT2D eigenvalue weighted by Gasteiger charge is 2.47. The van der Waals surface area contributed by atoms with E-state index in [0.717, 1.165) is 32.4 Å². The Labute approximate surface area is 113 Å². The number of carbonyl (C=O) groups is 2. The van der Waals surface area contributed by atoms with Gasteiger partial charge in [-0.25, -0.2) is 9.59 Å². The SMILES string of the molecule is CN(C)CC1CCCN1C(=O)NC1(C(=O)O)CCC1. The van der Waals surface area contributed by atoms with Crippen LogP contribution in [0.2, 0.25) is 0 Å². The summed E-state index contributed by atoms with van der Waals surface area (Å²) in [6, 6.07) is -0.0210. The molecule has 108 valence electrons. The van der Waals surface area contributed by atoms with E-state index < -0.39 is 11.5 Å². The van der Waals surface area contributed by atoms with Crippen molar-refractivity contribution in [3.05, 3.63) is 0 Å². The number of likely N-dealkylation sites (tertiary alicyclic amines) is 1. The molecule has 0 radical (unpaired) electrons. The maximum absolute atomic E-state index is 12.3. The van der Waals surface area contributed by atoms with Crippen molar-refractivity contribution in [1.29, 1.82) is 0 Å². The number of nitrogens with one attached hydrogen (secondary N) is 1. The Balaban J connectivity index is 1.97. The molecule has 2 fully saturated rings. The summed E-state index contributed by atoms with van der Waals surface area (Å²) in [4.78, 5) is 27.4. The number of likely N-dealkylation sites (N-methyl/N-ethyl adjacent to an activating group) is 1. The Bertz CT molecular complexity index is 366. The maximum Gasteiger partial charge on any atom is 0.329 e. The summed E-state index contributed by atoms with van der Waals surface area (Å²) in [6.07, 6.45) is 3.94. The Hall–Kier alpha value is -1.30. The molecule has 1 atom stereocenters. The molecule has 0 aromatic heterocycles. The van der Waals surface area contributed by atoms with Gasteiger partial charge in [-0.2, -0.15) is 0 Å². The first kappa shape index (κ1) is 14.1. The molecule has 1 aliphatic heterocycles. The van der Waals surface area contributed by atoms with Gasteiger partial charge in [0.05, 0.1) is 0 Å². The molecule has 6 nitrogen and oxygen atoms in total. The summed E-state index contributed by atoms with van der Waals surface area (Å²) in [7, 11) is 3.97. The van der Waals surface area contributed by atoms with E-state index in [-0.39, 0.29) is 12.1 Å². The van der Waals surface area contributed by atoms with Gasteiger partial charge >= 0.3 is 12.0 Å². The molecule has 19 heavy (non-hydrogen) atoms. The number of amides is 2. The molecule has 2 rings (SSSR count). The number of rotatable bonds is 4. The molecule has 6 heteroatoms. The van der Waals surface area contributed by atoms with E-state index >= 15 is 0 Å². The van der Waals surface area contributed by atoms with Gasteiger partial charge in [0.25, 0.3) is 0 Å². The van der Waals surface area contributed by atoms with Gasteiger partial charge in [0.2, 0.25) is 0 Å². The molecule has 0 spiro atoms. The Kier molecular flexibility index (Phi) is 3.99. The first-order valence-corrected chi connectivity index (χ1v) is 6.91. The van der Waals surface area contributed by atoms with Crippen LogP contribution in [0.4, 0.5) is 4.79 Å². The van der Waals surface area contributed by atoms with Gasteiger partial charge in [0.15, 0.2) is 0 Å². The Morgan fingerprint density at radius 2 is 2.05 bits per heavy atom. The monoisotopic (exact) mass is 269 g/mol. The van der Waals surface area contributed by atoms with Crippen molar-refractivity contribution in [1.82, 2.24) is 15.1 Å². The fourth-order valence-corrected chi connectivity index (χ4v) is 2.91. The standard InChI is InChI=1S/C13H23N3O3/c1-15(2)9-10-5-3-8-16(10)12(19)14-13(11(17)18)6-4-7-13/h10H,3-9H2,1-2H3,(H,14,19)(H,17,18). The first-order chi connectivity index (χ1) is 8.94. The van der Waals surface area contributed by atoms with Gasteiger partial charge in [0.1, 0.15) is 5.54 Å². The first-order valence-electron chi connectivity index (χ1n) is 6.91. The van der Waals surface area contributed by atoms with Crippen molar-refractivity contribution >= 4 is 12.0 Å². The second kappa shape index (κ2) is 5.36. The highest BCUT2D eigenvalue weighted by atomic mass is 16.4. The third kappa shape index (κ3) is 2.83. The summed E-state index contributed by atoms with van der Waals surface area (Å²) < 4.78 is 0. The highest BCUT2D eigenvalue weighted by molar-refractivity contribution is 5.87. The summed E-state index contributed by atoms with van der Waals surface area (Å²) >= 11 is 0. The van der Waals surface area contributed by atoms with E-state index in [0.29, 0.717) is 12.8 Å². The van der Waals surface area contributed by atoms with Crippen molar-refractivity contribution in [2.24, 2.45) is 0 Å². The maximum atomic E-state index is 12.3. The summed E-state index contributed by atoms with van der Waals surface area (Å²) in [5.41, 5.74) is -1.01. The van der Waals surface area contributed by atoms with Crippen LogP contribution in [0.3, 0.4) is 0 Å². The third-order valence-electron chi connectivity index (χ3n) is 4.18. The predicted molar refractivity (Wildman–Crippen MR) is 71.0 cm³/mol. The van der Waals surface area contributed by atoms with Crippen LogP contribution in [0.25, 0.3) is 0 Å². The molecule has 1 saturated heterocycles. The lowest BCUT2D eigenvalue weighted by Gasteiger charge is -2.40. The average Bonchev–Trinajstić information content (AvgIpc) is 2.69. The zero-order chi connectivity index (χ0) is 14.0. The fraction of sp³-hybridized carbons (Fsp3) is 0.846. The minimum atomic E-state index is -1.01. The van der Waals surface area contributed by atoms with Crippen LogP contribution in [0.15, 0.2) is 0 Å². The minimum Gasteiger partial charge on any atom is -0.480 e. The quantitative estimate of drug-likeness (QED) is 0.789. The predicted octanol–water partition coefficient (Wildman–Crippen LogP) is 0.729. The lowest BCUT2D eigenvalue weighted by molar-refractivity contribution is -0.148. The molecular formula is C13H23N3O3. The van der Waals surface area contributed by atoms with E-state index in [1.165, 1.54) is 0 Å². The normalized spacial score (nSPS) is 25.2. The highest BCUT2D eigenvalue weighted by Crippen LogP contribution is 2.32. The molecule has 2 N–H and O–H groups in total. The van der Waals surface area contributed by atoms with E-state index in [9.17, 15) is 14.7 Å². The molecule has 0 aromatic carbocycles. The van der Waals surface area contributed by atoms with Crippen molar-refractivity contribution in [3.63, 3.8) is 0 Å². The van der Waals surface area contributed by atoms with Gasteiger partial charge in [-0.05, 0) is 46.2 Å². The van der Waals surface area contributed by atoms with Crippen molar-refractivity contribution in [2.75, 3.05) is 27.2 Å². The molecule has 2 amide bonds. The van der Waals surface area contributed by atoms with Crippen LogP contribution in [0.1, 0.15) is 32.1 Å². The fourth-order valence-electron chi connectivity index (χ4n) is 2.91. The smallest absolute Gasteiger partial charge is 0.329 e. The second-order valence-electron chi connectivity index (χ2n) is 5.92. The number of carboxylic acid groups (broad SMARTS) is 1. The van der Waals surface area contributed by atoms with Crippen LogP contribution in [0, 0.1) is 0 Å². The molecule has 1 heterocycles. The number of carboxylic acids is 1. The Morgan fingerprint density at radius 3 is 2.53 bits per heavy atom. The molecular weight excluding hydrogens is 246 g/mol. The molecule has 1 aliphatic carbocycles. The molecule has 0 aromatic rings. The van der Waals surface area contributed by atoms with Crippen LogP contribution in [-0.4, -0.2) is 65.7 Å². The van der Waals surface area contributed by atoms with E-state index in [4.69, 9.17) is 0 Å². The summed E-state index contributed by atoms with van der Waals surface area (Å²) in [5, 5.41) is 12.0. The van der Waals surface area contributed by atoms with Crippen LogP contribution < -0.4 is 5.32 Å². The lowest BCUT2D eigenvalue weighted by atomic mass is 9.77. The zero-order valence-corrected chi connectivity index (χ0v) is 11.7.